The molecule has 0 unspecified atom stereocenters. The third kappa shape index (κ3) is 5.23. The Morgan fingerprint density at radius 3 is 2.55 bits per heavy atom. The van der Waals surface area contributed by atoms with Gasteiger partial charge in [0.15, 0.2) is 12.4 Å². The van der Waals surface area contributed by atoms with Crippen LogP contribution in [0.2, 0.25) is 0 Å². The predicted molar refractivity (Wildman–Crippen MR) is 105 cm³/mol. The summed E-state index contributed by atoms with van der Waals surface area (Å²) in [5, 5.41) is 2.70. The monoisotopic (exact) mass is 400 g/mol. The van der Waals surface area contributed by atoms with Gasteiger partial charge >= 0.3 is 5.97 Å². The number of rotatable bonds is 5. The lowest BCUT2D eigenvalue weighted by molar-refractivity contribution is -0.146. The second-order valence-electron chi connectivity index (χ2n) is 7.09. The minimum absolute atomic E-state index is 0.0594. The van der Waals surface area contributed by atoms with E-state index in [0.29, 0.717) is 18.8 Å². The third-order valence-electron chi connectivity index (χ3n) is 4.57. The number of hydrogen-bond acceptors (Lipinski definition) is 6. The lowest BCUT2D eigenvalue weighted by Gasteiger charge is -2.35. The molecule has 1 aromatic heterocycles. The molecule has 154 valence electrons. The summed E-state index contributed by atoms with van der Waals surface area (Å²) < 4.78 is 15.9. The molecule has 1 N–H and O–H groups in total. The molecule has 2 amide bonds. The molecule has 1 saturated heterocycles. The van der Waals surface area contributed by atoms with Gasteiger partial charge in [0, 0.05) is 18.8 Å². The normalized spacial score (nSPS) is 18.9. The Balaban J connectivity index is 1.60. The van der Waals surface area contributed by atoms with E-state index in [1.807, 2.05) is 13.8 Å². The maximum absolute atomic E-state index is 12.4. The van der Waals surface area contributed by atoms with Crippen molar-refractivity contribution in [1.29, 1.82) is 0 Å². The Morgan fingerprint density at radius 2 is 1.90 bits per heavy atom. The van der Waals surface area contributed by atoms with E-state index >= 15 is 0 Å². The highest BCUT2D eigenvalue weighted by molar-refractivity contribution is 6.03. The number of amides is 2. The summed E-state index contributed by atoms with van der Waals surface area (Å²) in [4.78, 5) is 38.5. The molecule has 8 nitrogen and oxygen atoms in total. The van der Waals surface area contributed by atoms with Crippen molar-refractivity contribution in [3.8, 4) is 0 Å². The molecule has 2 atom stereocenters. The molecule has 8 heteroatoms. The van der Waals surface area contributed by atoms with Gasteiger partial charge < -0.3 is 24.1 Å². The zero-order valence-corrected chi connectivity index (χ0v) is 16.6. The Morgan fingerprint density at radius 1 is 1.17 bits per heavy atom. The Kier molecular flexibility index (Phi) is 6.33. The van der Waals surface area contributed by atoms with E-state index < -0.39 is 11.9 Å². The Hall–Kier alpha value is -3.13. The van der Waals surface area contributed by atoms with Crippen LogP contribution in [0.5, 0.6) is 0 Å². The summed E-state index contributed by atoms with van der Waals surface area (Å²) in [7, 11) is 0. The van der Waals surface area contributed by atoms with Crippen molar-refractivity contribution in [3.05, 3.63) is 53.5 Å². The third-order valence-corrected chi connectivity index (χ3v) is 4.57. The number of carbonyl (C=O) groups is 3. The van der Waals surface area contributed by atoms with Crippen molar-refractivity contribution in [2.45, 2.75) is 33.0 Å². The number of nitrogens with zero attached hydrogens (tertiary/aromatic N) is 1. The maximum Gasteiger partial charge on any atom is 0.338 e. The fraction of sp³-hybridized carbons (Fsp3) is 0.381. The van der Waals surface area contributed by atoms with Crippen molar-refractivity contribution < 1.29 is 28.3 Å². The number of morpholine rings is 1. The van der Waals surface area contributed by atoms with E-state index in [0.717, 1.165) is 5.56 Å². The van der Waals surface area contributed by atoms with Crippen LogP contribution in [-0.4, -0.2) is 54.6 Å². The minimum Gasteiger partial charge on any atom is -0.459 e. The molecule has 1 aromatic carbocycles. The van der Waals surface area contributed by atoms with Crippen LogP contribution < -0.4 is 5.32 Å². The van der Waals surface area contributed by atoms with Crippen molar-refractivity contribution in [3.63, 3.8) is 0 Å². The first-order valence-electron chi connectivity index (χ1n) is 9.39. The first-order valence-corrected chi connectivity index (χ1v) is 9.39. The van der Waals surface area contributed by atoms with E-state index in [-0.39, 0.29) is 36.0 Å². The number of aryl methyl sites for hydroxylation is 1. The van der Waals surface area contributed by atoms with Crippen molar-refractivity contribution in [1.82, 2.24) is 4.90 Å². The largest absolute Gasteiger partial charge is 0.459 e. The molecular formula is C21H24N2O6. The lowest BCUT2D eigenvalue weighted by atomic mass is 10.1. The Bertz CT molecular complexity index is 883. The molecule has 1 fully saturated rings. The van der Waals surface area contributed by atoms with Crippen LogP contribution in [0, 0.1) is 6.92 Å². The summed E-state index contributed by atoms with van der Waals surface area (Å²) >= 11 is 0. The molecule has 1 aliphatic rings. The molecule has 1 aliphatic heterocycles. The quantitative estimate of drug-likeness (QED) is 0.775. The smallest absolute Gasteiger partial charge is 0.338 e. The predicted octanol–water partition coefficient (Wildman–Crippen LogP) is 2.63. The molecule has 0 bridgehead atoms. The van der Waals surface area contributed by atoms with Gasteiger partial charge in [0.25, 0.3) is 11.8 Å². The highest BCUT2D eigenvalue weighted by Gasteiger charge is 2.26. The average Bonchev–Trinajstić information content (AvgIpc) is 3.21. The molecule has 0 saturated carbocycles. The molecule has 0 radical (unpaired) electrons. The van der Waals surface area contributed by atoms with Gasteiger partial charge in [-0.2, -0.15) is 0 Å². The molecule has 3 rings (SSSR count). The van der Waals surface area contributed by atoms with Gasteiger partial charge in [-0.25, -0.2) is 4.79 Å². The number of furan rings is 1. The summed E-state index contributed by atoms with van der Waals surface area (Å²) in [6.07, 6.45) is 1.29. The van der Waals surface area contributed by atoms with Crippen molar-refractivity contribution in [2.24, 2.45) is 0 Å². The van der Waals surface area contributed by atoms with E-state index in [2.05, 4.69) is 5.32 Å². The molecule has 2 heterocycles. The number of nitrogens with one attached hydrogen (secondary N) is 1. The van der Waals surface area contributed by atoms with Gasteiger partial charge in [0.1, 0.15) is 0 Å². The highest BCUT2D eigenvalue weighted by atomic mass is 16.5. The average molecular weight is 400 g/mol. The molecule has 0 aliphatic carbocycles. The highest BCUT2D eigenvalue weighted by Crippen LogP contribution is 2.19. The fourth-order valence-corrected chi connectivity index (χ4v) is 3.16. The molecule has 29 heavy (non-hydrogen) atoms. The number of hydrogen-bond donors (Lipinski definition) is 1. The SMILES string of the molecule is Cc1ccc(C(=O)OCC(=O)N2C[C@@H](C)O[C@H](C)C2)cc1NC(=O)c1ccco1. The van der Waals surface area contributed by atoms with Gasteiger partial charge in [-0.1, -0.05) is 6.07 Å². The van der Waals surface area contributed by atoms with Crippen LogP contribution in [0.15, 0.2) is 41.0 Å². The fourth-order valence-electron chi connectivity index (χ4n) is 3.16. The van der Waals surface area contributed by atoms with E-state index in [4.69, 9.17) is 13.9 Å². The zero-order valence-electron chi connectivity index (χ0n) is 16.6. The Labute approximate surface area is 168 Å². The van der Waals surface area contributed by atoms with Gasteiger partial charge in [0.2, 0.25) is 0 Å². The zero-order chi connectivity index (χ0) is 21.0. The van der Waals surface area contributed by atoms with Crippen molar-refractivity contribution >= 4 is 23.5 Å². The number of ether oxygens (including phenoxy) is 2. The van der Waals surface area contributed by atoms with Crippen LogP contribution in [0.3, 0.4) is 0 Å². The van der Waals surface area contributed by atoms with Gasteiger partial charge in [0.05, 0.1) is 24.0 Å². The van der Waals surface area contributed by atoms with Crippen LogP contribution >= 0.6 is 0 Å². The first kappa shape index (κ1) is 20.6. The summed E-state index contributed by atoms with van der Waals surface area (Å²) in [6, 6.07) is 7.96. The molecule has 0 spiro atoms. The van der Waals surface area contributed by atoms with Crippen LogP contribution in [-0.2, 0) is 14.3 Å². The van der Waals surface area contributed by atoms with Crippen LogP contribution in [0.4, 0.5) is 5.69 Å². The topological polar surface area (TPSA) is 98.1 Å². The summed E-state index contributed by atoms with van der Waals surface area (Å²) in [5.74, 6) is -1.16. The summed E-state index contributed by atoms with van der Waals surface area (Å²) in [5.41, 5.74) is 1.47. The second kappa shape index (κ2) is 8.91. The molecular weight excluding hydrogens is 376 g/mol. The van der Waals surface area contributed by atoms with Gasteiger partial charge in [-0.15, -0.1) is 0 Å². The van der Waals surface area contributed by atoms with E-state index in [1.165, 1.54) is 12.3 Å². The van der Waals surface area contributed by atoms with E-state index in [1.54, 1.807) is 36.1 Å². The van der Waals surface area contributed by atoms with Crippen LogP contribution in [0.25, 0.3) is 0 Å². The number of carbonyl (C=O) groups excluding carboxylic acids is 3. The lowest BCUT2D eigenvalue weighted by Crippen LogP contribution is -2.49. The van der Waals surface area contributed by atoms with E-state index in [9.17, 15) is 14.4 Å². The number of esters is 1. The minimum atomic E-state index is -0.638. The standard InChI is InChI=1S/C21H24N2O6/c1-13-6-7-16(9-17(13)22-20(25)18-5-4-8-27-18)21(26)28-12-19(24)23-10-14(2)29-15(3)11-23/h4-9,14-15H,10-12H2,1-3H3,(H,22,25)/t14-,15-/m1/s1. The first-order chi connectivity index (χ1) is 13.8. The van der Waals surface area contributed by atoms with Crippen molar-refractivity contribution in [2.75, 3.05) is 25.0 Å². The second-order valence-corrected chi connectivity index (χ2v) is 7.09. The number of benzene rings is 1. The van der Waals surface area contributed by atoms with Crippen LogP contribution in [0.1, 0.15) is 40.3 Å². The van der Waals surface area contributed by atoms with Gasteiger partial charge in [-0.05, 0) is 50.6 Å². The van der Waals surface area contributed by atoms with Gasteiger partial charge in [-0.3, -0.25) is 9.59 Å². The number of anilines is 1. The maximum atomic E-state index is 12.4. The summed E-state index contributed by atoms with van der Waals surface area (Å²) in [6.45, 7) is 6.18. The molecule has 2 aromatic rings.